The van der Waals surface area contributed by atoms with Crippen LogP contribution in [0.25, 0.3) is 0 Å². The van der Waals surface area contributed by atoms with Crippen LogP contribution in [0.2, 0.25) is 5.02 Å². The van der Waals surface area contributed by atoms with Crippen molar-refractivity contribution in [2.24, 2.45) is 0 Å². The summed E-state index contributed by atoms with van der Waals surface area (Å²) in [6.07, 6.45) is 1.23. The fraction of sp³-hybridized carbons (Fsp3) is 0.312. The minimum atomic E-state index is -0.540. The molecule has 2 amide bonds. The smallest absolute Gasteiger partial charge is 0.333 e. The highest BCUT2D eigenvalue weighted by Crippen LogP contribution is 2.29. The largest absolute Gasteiger partial charge is 0.463 e. The van der Waals surface area contributed by atoms with Crippen LogP contribution >= 0.6 is 23.4 Å². The van der Waals surface area contributed by atoms with Gasteiger partial charge in [0, 0.05) is 0 Å². The Bertz CT molecular complexity index is 705. The maximum atomic E-state index is 12.2. The molecule has 1 aromatic carbocycles. The highest BCUT2D eigenvalue weighted by molar-refractivity contribution is 8.04. The maximum absolute atomic E-state index is 12.2. The van der Waals surface area contributed by atoms with E-state index in [4.69, 9.17) is 16.3 Å². The summed E-state index contributed by atoms with van der Waals surface area (Å²) in [7, 11) is 0. The number of carbonyl (C=O) groups excluding carboxylic acids is 3. The molecular formula is C16H17ClN2O4S. The molecule has 1 saturated heterocycles. The van der Waals surface area contributed by atoms with Crippen molar-refractivity contribution in [3.05, 3.63) is 39.9 Å². The van der Waals surface area contributed by atoms with Gasteiger partial charge in [-0.1, -0.05) is 29.4 Å². The molecule has 1 aromatic rings. The van der Waals surface area contributed by atoms with E-state index in [1.807, 2.05) is 13.0 Å². The molecule has 0 saturated carbocycles. The molecule has 0 aromatic heterocycles. The highest BCUT2D eigenvalue weighted by atomic mass is 35.5. The minimum Gasteiger partial charge on any atom is -0.463 e. The molecule has 0 atom stereocenters. The van der Waals surface area contributed by atoms with Gasteiger partial charge in [0.25, 0.3) is 0 Å². The van der Waals surface area contributed by atoms with Gasteiger partial charge < -0.3 is 10.1 Å². The normalized spacial score (nSPS) is 15.7. The number of hydrogen-bond donors (Lipinski definition) is 1. The van der Waals surface area contributed by atoms with E-state index in [0.29, 0.717) is 15.7 Å². The predicted molar refractivity (Wildman–Crippen MR) is 93.7 cm³/mol. The van der Waals surface area contributed by atoms with Gasteiger partial charge in [-0.2, -0.15) is 0 Å². The fourth-order valence-corrected chi connectivity index (χ4v) is 3.25. The van der Waals surface area contributed by atoms with E-state index >= 15 is 0 Å². The van der Waals surface area contributed by atoms with E-state index < -0.39 is 11.9 Å². The van der Waals surface area contributed by atoms with Gasteiger partial charge in [-0.25, -0.2) is 4.79 Å². The van der Waals surface area contributed by atoms with Crippen molar-refractivity contribution in [2.45, 2.75) is 13.8 Å². The van der Waals surface area contributed by atoms with Gasteiger partial charge in [0.15, 0.2) is 0 Å². The molecule has 1 aliphatic heterocycles. The molecule has 0 radical (unpaired) electrons. The number of nitrogens with one attached hydrogen (secondary N) is 1. The van der Waals surface area contributed by atoms with Gasteiger partial charge in [-0.05, 0) is 31.5 Å². The Labute approximate surface area is 149 Å². The van der Waals surface area contributed by atoms with Gasteiger partial charge in [0.05, 0.1) is 34.2 Å². The number of benzene rings is 1. The zero-order chi connectivity index (χ0) is 17.7. The van der Waals surface area contributed by atoms with Crippen LogP contribution in [0.1, 0.15) is 12.5 Å². The van der Waals surface area contributed by atoms with E-state index in [1.165, 1.54) is 22.7 Å². The Morgan fingerprint density at radius 2 is 2.21 bits per heavy atom. The number of aryl methyl sites for hydroxylation is 1. The molecule has 1 heterocycles. The third-order valence-corrected chi connectivity index (χ3v) is 4.48. The molecular weight excluding hydrogens is 352 g/mol. The second-order valence-electron chi connectivity index (χ2n) is 5.03. The van der Waals surface area contributed by atoms with Crippen LogP contribution in [-0.2, 0) is 19.1 Å². The van der Waals surface area contributed by atoms with Crippen LogP contribution in [0, 0.1) is 6.92 Å². The van der Waals surface area contributed by atoms with Crippen molar-refractivity contribution >= 4 is 46.8 Å². The molecule has 8 heteroatoms. The number of halogens is 1. The van der Waals surface area contributed by atoms with E-state index in [0.717, 1.165) is 5.56 Å². The molecule has 128 valence electrons. The average molecular weight is 369 g/mol. The summed E-state index contributed by atoms with van der Waals surface area (Å²) in [5, 5.41) is 3.50. The summed E-state index contributed by atoms with van der Waals surface area (Å²) < 4.78 is 4.83. The third kappa shape index (κ3) is 4.75. The van der Waals surface area contributed by atoms with E-state index in [9.17, 15) is 14.4 Å². The van der Waals surface area contributed by atoms with E-state index in [1.54, 1.807) is 19.1 Å². The van der Waals surface area contributed by atoms with Crippen LogP contribution in [0.5, 0.6) is 0 Å². The number of carbonyl (C=O) groups is 3. The quantitative estimate of drug-likeness (QED) is 0.638. The zero-order valence-corrected chi connectivity index (χ0v) is 14.9. The lowest BCUT2D eigenvalue weighted by molar-refractivity contribution is -0.137. The number of thioether (sulfide) groups is 1. The van der Waals surface area contributed by atoms with Gasteiger partial charge in [0.2, 0.25) is 11.8 Å². The number of ether oxygens (including phenoxy) is 1. The summed E-state index contributed by atoms with van der Waals surface area (Å²) in [4.78, 5) is 36.9. The Kier molecular flexibility index (Phi) is 6.28. The Hall–Kier alpha value is -1.99. The number of amides is 2. The molecule has 0 unspecified atom stereocenters. The lowest BCUT2D eigenvalue weighted by Crippen LogP contribution is -2.34. The molecule has 1 N–H and O–H groups in total. The fourth-order valence-electron chi connectivity index (χ4n) is 2.04. The summed E-state index contributed by atoms with van der Waals surface area (Å²) in [6, 6.07) is 5.26. The Morgan fingerprint density at radius 1 is 1.46 bits per heavy atom. The van der Waals surface area contributed by atoms with Crippen molar-refractivity contribution in [3.8, 4) is 0 Å². The molecule has 1 fully saturated rings. The summed E-state index contributed by atoms with van der Waals surface area (Å²) in [5.74, 6) is -0.988. The predicted octanol–water partition coefficient (Wildman–Crippen LogP) is 2.57. The standard InChI is InChI=1S/C16H17ClN2O4S/c1-3-23-16(22)7-15-19(14(21)9-24-15)8-13(20)18-12-5-4-10(2)6-11(12)17/h4-7H,3,8-9H2,1-2H3,(H,18,20)/b15-7-. The van der Waals surface area contributed by atoms with Gasteiger partial charge >= 0.3 is 5.97 Å². The number of anilines is 1. The van der Waals surface area contributed by atoms with Gasteiger partial charge in [-0.15, -0.1) is 0 Å². The molecule has 6 nitrogen and oxygen atoms in total. The van der Waals surface area contributed by atoms with Crippen molar-refractivity contribution in [2.75, 3.05) is 24.2 Å². The molecule has 0 spiro atoms. The monoisotopic (exact) mass is 368 g/mol. The number of nitrogens with zero attached hydrogens (tertiary/aromatic N) is 1. The zero-order valence-electron chi connectivity index (χ0n) is 13.3. The minimum absolute atomic E-state index is 0.184. The first-order chi connectivity index (χ1) is 11.4. The van der Waals surface area contributed by atoms with Gasteiger partial charge in [-0.3, -0.25) is 14.5 Å². The molecule has 0 bridgehead atoms. The van der Waals surface area contributed by atoms with Crippen molar-refractivity contribution in [1.82, 2.24) is 4.90 Å². The Morgan fingerprint density at radius 3 is 2.88 bits per heavy atom. The van der Waals surface area contributed by atoms with Crippen molar-refractivity contribution in [1.29, 1.82) is 0 Å². The topological polar surface area (TPSA) is 75.7 Å². The van der Waals surface area contributed by atoms with Crippen LogP contribution in [-0.4, -0.2) is 41.6 Å². The first kappa shape index (κ1) is 18.4. The lowest BCUT2D eigenvalue weighted by Gasteiger charge is -2.17. The van der Waals surface area contributed by atoms with E-state index in [2.05, 4.69) is 5.32 Å². The maximum Gasteiger partial charge on any atom is 0.333 e. The molecule has 2 rings (SSSR count). The highest BCUT2D eigenvalue weighted by Gasteiger charge is 2.29. The molecule has 1 aliphatic rings. The average Bonchev–Trinajstić information content (AvgIpc) is 2.83. The second kappa shape index (κ2) is 8.21. The lowest BCUT2D eigenvalue weighted by atomic mass is 10.2. The first-order valence-corrected chi connectivity index (χ1v) is 8.64. The molecule has 0 aliphatic carbocycles. The second-order valence-corrected chi connectivity index (χ2v) is 6.44. The number of hydrogen-bond acceptors (Lipinski definition) is 5. The van der Waals surface area contributed by atoms with Crippen LogP contribution in [0.15, 0.2) is 29.3 Å². The van der Waals surface area contributed by atoms with Crippen molar-refractivity contribution in [3.63, 3.8) is 0 Å². The number of rotatable bonds is 5. The summed E-state index contributed by atoms with van der Waals surface area (Å²) in [5.41, 5.74) is 1.45. The van der Waals surface area contributed by atoms with Crippen LogP contribution < -0.4 is 5.32 Å². The number of esters is 1. The van der Waals surface area contributed by atoms with E-state index in [-0.39, 0.29) is 24.8 Å². The third-order valence-electron chi connectivity index (χ3n) is 3.14. The molecule has 24 heavy (non-hydrogen) atoms. The van der Waals surface area contributed by atoms with Crippen molar-refractivity contribution < 1.29 is 19.1 Å². The summed E-state index contributed by atoms with van der Waals surface area (Å²) >= 11 is 7.28. The summed E-state index contributed by atoms with van der Waals surface area (Å²) in [6.45, 7) is 3.64. The SMILES string of the molecule is CCOC(=O)/C=C1\SCC(=O)N1CC(=O)Nc1ccc(C)cc1Cl. The van der Waals surface area contributed by atoms with Crippen LogP contribution in [0.3, 0.4) is 0 Å². The first-order valence-electron chi connectivity index (χ1n) is 7.28. The Balaban J connectivity index is 2.05. The van der Waals surface area contributed by atoms with Gasteiger partial charge in [0.1, 0.15) is 6.54 Å². The van der Waals surface area contributed by atoms with Crippen LogP contribution in [0.4, 0.5) is 5.69 Å².